The molecule has 0 radical (unpaired) electrons. The summed E-state index contributed by atoms with van der Waals surface area (Å²) in [5, 5.41) is 8.29. The molecule has 0 fully saturated rings. The van der Waals surface area contributed by atoms with E-state index in [1.807, 2.05) is 0 Å². The normalized spacial score (nSPS) is 11.7. The molecule has 0 atom stereocenters. The van der Waals surface area contributed by atoms with Gasteiger partial charge in [0.1, 0.15) is 13.3 Å². The first-order valence-corrected chi connectivity index (χ1v) is 5.16. The van der Waals surface area contributed by atoms with Crippen molar-refractivity contribution in [1.82, 2.24) is 4.31 Å². The largest absolute Gasteiger partial charge is 0.389 e. The van der Waals surface area contributed by atoms with Crippen LogP contribution >= 0.6 is 0 Å². The number of aliphatic hydroxyl groups excluding tert-OH is 1. The second kappa shape index (κ2) is 5.91. The van der Waals surface area contributed by atoms with E-state index < -0.39 is 22.9 Å². The Labute approximate surface area is 82.5 Å². The lowest BCUT2D eigenvalue weighted by Crippen LogP contribution is -2.35. The fourth-order valence-corrected chi connectivity index (χ4v) is 1.60. The molecule has 7 nitrogen and oxygen atoms in total. The van der Waals surface area contributed by atoms with Gasteiger partial charge in [-0.1, -0.05) is 6.92 Å². The maximum absolute atomic E-state index is 11.2. The second-order valence-corrected chi connectivity index (χ2v) is 3.80. The minimum absolute atomic E-state index is 0.106. The zero-order chi connectivity index (χ0) is 11.2. The summed E-state index contributed by atoms with van der Waals surface area (Å²) in [6, 6.07) is 0. The van der Waals surface area contributed by atoms with E-state index in [2.05, 4.69) is 8.92 Å². The van der Waals surface area contributed by atoms with Gasteiger partial charge in [0.2, 0.25) is 0 Å². The zero-order valence-corrected chi connectivity index (χ0v) is 8.78. The van der Waals surface area contributed by atoms with Crippen LogP contribution in [0.2, 0.25) is 0 Å². The van der Waals surface area contributed by atoms with E-state index in [-0.39, 0.29) is 13.3 Å². The Hall–Kier alpha value is -0.700. The Kier molecular flexibility index (Phi) is 5.62. The lowest BCUT2D eigenvalue weighted by atomic mass is 10.8. The van der Waals surface area contributed by atoms with Gasteiger partial charge in [-0.25, -0.2) is 4.79 Å². The van der Waals surface area contributed by atoms with Crippen LogP contribution in [-0.4, -0.2) is 50.8 Å². The molecule has 84 valence electrons. The maximum Gasteiger partial charge on any atom is 0.389 e. The summed E-state index contributed by atoms with van der Waals surface area (Å²) < 4.78 is 31.8. The zero-order valence-electron chi connectivity index (χ0n) is 7.97. The molecule has 0 spiro atoms. The van der Waals surface area contributed by atoms with Gasteiger partial charge in [-0.15, -0.1) is 4.31 Å². The van der Waals surface area contributed by atoms with E-state index in [0.29, 0.717) is 0 Å². The van der Waals surface area contributed by atoms with Crippen LogP contribution in [0.25, 0.3) is 0 Å². The summed E-state index contributed by atoms with van der Waals surface area (Å²) in [6.07, 6.45) is 0. The van der Waals surface area contributed by atoms with Crippen LogP contribution < -0.4 is 0 Å². The van der Waals surface area contributed by atoms with E-state index in [0.717, 1.165) is 4.31 Å². The Bertz CT molecular complexity index is 274. The highest BCUT2D eigenvalue weighted by Gasteiger charge is 2.24. The third-order valence-electron chi connectivity index (χ3n) is 1.27. The van der Waals surface area contributed by atoms with Crippen molar-refractivity contribution in [2.24, 2.45) is 0 Å². The average Bonchev–Trinajstić information content (AvgIpc) is 2.12. The van der Waals surface area contributed by atoms with Gasteiger partial charge in [0.25, 0.3) is 0 Å². The van der Waals surface area contributed by atoms with Crippen LogP contribution in [0.4, 0.5) is 0 Å². The number of carbonyl (C=O) groups is 1. The van der Waals surface area contributed by atoms with Gasteiger partial charge in [0, 0.05) is 13.7 Å². The Balaban J connectivity index is 4.49. The number of hydrogen-bond acceptors (Lipinski definition) is 6. The highest BCUT2D eigenvalue weighted by Crippen LogP contribution is 2.02. The molecule has 0 aromatic heterocycles. The molecule has 0 saturated carbocycles. The molecule has 0 aliphatic carbocycles. The van der Waals surface area contributed by atoms with Crippen molar-refractivity contribution >= 4 is 16.3 Å². The molecule has 0 bridgehead atoms. The minimum Gasteiger partial charge on any atom is -0.385 e. The number of rotatable bonds is 6. The topological polar surface area (TPSA) is 93.1 Å². The minimum atomic E-state index is -4.15. The van der Waals surface area contributed by atoms with E-state index in [1.54, 1.807) is 6.92 Å². The van der Waals surface area contributed by atoms with Gasteiger partial charge >= 0.3 is 16.3 Å². The number of nitrogens with zero attached hydrogens (tertiary/aromatic N) is 1. The number of aliphatic hydroxyl groups is 1. The average molecular weight is 227 g/mol. The monoisotopic (exact) mass is 227 g/mol. The predicted molar refractivity (Wildman–Crippen MR) is 46.4 cm³/mol. The molecule has 14 heavy (non-hydrogen) atoms. The summed E-state index contributed by atoms with van der Waals surface area (Å²) in [4.78, 5) is 10.5. The van der Waals surface area contributed by atoms with Crippen molar-refractivity contribution in [3.05, 3.63) is 0 Å². The molecule has 0 aliphatic heterocycles. The number of carbonyl (C=O) groups excluding carboxylic acids is 1. The number of ether oxygens (including phenoxy) is 1. The molecule has 8 heteroatoms. The second-order valence-electron chi connectivity index (χ2n) is 2.26. The molecule has 0 amide bonds. The van der Waals surface area contributed by atoms with E-state index >= 15 is 0 Å². The Morgan fingerprint density at radius 3 is 2.43 bits per heavy atom. The fourth-order valence-electron chi connectivity index (χ4n) is 0.654. The summed E-state index contributed by atoms with van der Waals surface area (Å²) in [5.41, 5.74) is 0. The van der Waals surface area contributed by atoms with E-state index in [1.165, 1.54) is 7.11 Å². The molecule has 0 aromatic carbocycles. The Morgan fingerprint density at radius 2 is 2.07 bits per heavy atom. The van der Waals surface area contributed by atoms with E-state index in [4.69, 9.17) is 5.11 Å². The van der Waals surface area contributed by atoms with Crippen LogP contribution in [0, 0.1) is 0 Å². The summed E-state index contributed by atoms with van der Waals surface area (Å²) in [5.74, 6) is -1.22. The van der Waals surface area contributed by atoms with E-state index in [9.17, 15) is 13.2 Å². The molecule has 0 aliphatic rings. The Morgan fingerprint density at radius 1 is 1.50 bits per heavy atom. The SMILES string of the molecule is CCN(COC)S(=O)(=O)OC(=O)CO. The summed E-state index contributed by atoms with van der Waals surface area (Å²) in [6.45, 7) is 0.472. The van der Waals surface area contributed by atoms with Crippen LogP contribution in [0.5, 0.6) is 0 Å². The third kappa shape index (κ3) is 4.01. The van der Waals surface area contributed by atoms with Gasteiger partial charge in [-0.3, -0.25) is 0 Å². The molecule has 0 aromatic rings. The molecule has 0 saturated heterocycles. The summed E-state index contributed by atoms with van der Waals surface area (Å²) in [7, 11) is -2.84. The first-order chi connectivity index (χ1) is 6.47. The smallest absolute Gasteiger partial charge is 0.385 e. The van der Waals surface area contributed by atoms with Gasteiger partial charge < -0.3 is 14.0 Å². The molecule has 0 rings (SSSR count). The molecular weight excluding hydrogens is 214 g/mol. The van der Waals surface area contributed by atoms with Gasteiger partial charge in [-0.05, 0) is 0 Å². The standard InChI is InChI=1S/C6H13NO6S/c1-3-7(5-12-2)14(10,11)13-6(9)4-8/h8H,3-5H2,1-2H3. The lowest BCUT2D eigenvalue weighted by Gasteiger charge is -2.17. The quantitative estimate of drug-likeness (QED) is 0.566. The molecule has 1 N–H and O–H groups in total. The van der Waals surface area contributed by atoms with Crippen molar-refractivity contribution < 1.29 is 27.2 Å². The third-order valence-corrected chi connectivity index (χ3v) is 2.66. The van der Waals surface area contributed by atoms with Crippen molar-refractivity contribution in [2.45, 2.75) is 6.92 Å². The molecule has 0 heterocycles. The molecule has 0 unspecified atom stereocenters. The highest BCUT2D eigenvalue weighted by atomic mass is 32.2. The van der Waals surface area contributed by atoms with Crippen LogP contribution in [0.3, 0.4) is 0 Å². The summed E-state index contributed by atoms with van der Waals surface area (Å²) >= 11 is 0. The maximum atomic E-state index is 11.2. The van der Waals surface area contributed by atoms with Crippen LogP contribution in [-0.2, 0) is 24.0 Å². The van der Waals surface area contributed by atoms with Gasteiger partial charge in [-0.2, -0.15) is 8.42 Å². The highest BCUT2D eigenvalue weighted by molar-refractivity contribution is 7.84. The number of methoxy groups -OCH3 is 1. The first-order valence-electron chi connectivity index (χ1n) is 3.80. The first kappa shape index (κ1) is 13.3. The van der Waals surface area contributed by atoms with Crippen LogP contribution in [0.1, 0.15) is 6.92 Å². The van der Waals surface area contributed by atoms with Crippen molar-refractivity contribution in [1.29, 1.82) is 0 Å². The van der Waals surface area contributed by atoms with Crippen molar-refractivity contribution in [2.75, 3.05) is 27.0 Å². The van der Waals surface area contributed by atoms with Gasteiger partial charge in [0.15, 0.2) is 0 Å². The van der Waals surface area contributed by atoms with Gasteiger partial charge in [0.05, 0.1) is 0 Å². The molecular formula is C6H13NO6S. The van der Waals surface area contributed by atoms with Crippen LogP contribution in [0.15, 0.2) is 0 Å². The van der Waals surface area contributed by atoms with Crippen molar-refractivity contribution in [3.63, 3.8) is 0 Å². The fraction of sp³-hybridized carbons (Fsp3) is 0.833. The lowest BCUT2D eigenvalue weighted by molar-refractivity contribution is -0.137. The predicted octanol–water partition coefficient (Wildman–Crippen LogP) is -1.31. The number of hydrogen-bond donors (Lipinski definition) is 1. The van der Waals surface area contributed by atoms with Crippen molar-refractivity contribution in [3.8, 4) is 0 Å².